The largest absolute Gasteiger partial charge is 0.497 e. The maximum absolute atomic E-state index is 13.2. The summed E-state index contributed by atoms with van der Waals surface area (Å²) < 4.78 is 15.6. The molecular weight excluding hydrogens is 414 g/mol. The van der Waals surface area contributed by atoms with Crippen molar-refractivity contribution in [2.75, 3.05) is 31.5 Å². The molecule has 9 heteroatoms. The van der Waals surface area contributed by atoms with Gasteiger partial charge in [0.1, 0.15) is 23.3 Å². The van der Waals surface area contributed by atoms with Crippen molar-refractivity contribution >= 4 is 29.2 Å². The number of amides is 4. The van der Waals surface area contributed by atoms with Crippen LogP contribution in [0.4, 0.5) is 16.2 Å². The molecule has 1 N–H and O–H groups in total. The molecule has 0 unspecified atom stereocenters. The van der Waals surface area contributed by atoms with Gasteiger partial charge in [-0.25, -0.2) is 9.69 Å². The SMILES string of the molecule is COc1cc(NC(=O)C[C@@H]2C(=O)N(c3cccc(OC)c3)C(=O)N2C(C)C)cc(OC)c1. The van der Waals surface area contributed by atoms with Crippen LogP contribution in [0.1, 0.15) is 20.3 Å². The summed E-state index contributed by atoms with van der Waals surface area (Å²) in [6.45, 7) is 3.61. The first-order chi connectivity index (χ1) is 15.3. The number of hydrogen-bond acceptors (Lipinski definition) is 6. The number of hydrogen-bond donors (Lipinski definition) is 1. The highest BCUT2D eigenvalue weighted by Crippen LogP contribution is 2.31. The Morgan fingerprint density at radius 3 is 2.16 bits per heavy atom. The lowest BCUT2D eigenvalue weighted by Crippen LogP contribution is -2.42. The van der Waals surface area contributed by atoms with E-state index < -0.39 is 23.9 Å². The molecule has 0 bridgehead atoms. The Bertz CT molecular complexity index is 1000. The fourth-order valence-electron chi connectivity index (χ4n) is 3.63. The lowest BCUT2D eigenvalue weighted by Gasteiger charge is -2.25. The van der Waals surface area contributed by atoms with Crippen LogP contribution in [0.2, 0.25) is 0 Å². The monoisotopic (exact) mass is 441 g/mol. The number of nitrogens with one attached hydrogen (secondary N) is 1. The Hall–Kier alpha value is -3.75. The summed E-state index contributed by atoms with van der Waals surface area (Å²) in [7, 11) is 4.53. The Morgan fingerprint density at radius 2 is 1.59 bits per heavy atom. The predicted molar refractivity (Wildman–Crippen MR) is 119 cm³/mol. The molecule has 0 spiro atoms. The van der Waals surface area contributed by atoms with Crippen molar-refractivity contribution in [2.45, 2.75) is 32.4 Å². The molecule has 1 atom stereocenters. The second kappa shape index (κ2) is 9.59. The number of anilines is 2. The van der Waals surface area contributed by atoms with Gasteiger partial charge in [-0.15, -0.1) is 0 Å². The van der Waals surface area contributed by atoms with E-state index >= 15 is 0 Å². The van der Waals surface area contributed by atoms with Gasteiger partial charge in [0, 0.05) is 36.0 Å². The predicted octanol–water partition coefficient (Wildman–Crippen LogP) is 3.29. The van der Waals surface area contributed by atoms with Gasteiger partial charge in [-0.1, -0.05) is 6.07 Å². The average Bonchev–Trinajstić information content (AvgIpc) is 3.02. The van der Waals surface area contributed by atoms with E-state index in [9.17, 15) is 14.4 Å². The van der Waals surface area contributed by atoms with E-state index in [2.05, 4.69) is 5.32 Å². The third kappa shape index (κ3) is 4.61. The van der Waals surface area contributed by atoms with Gasteiger partial charge in [-0.3, -0.25) is 9.59 Å². The minimum absolute atomic E-state index is 0.192. The molecule has 3 rings (SSSR count). The van der Waals surface area contributed by atoms with Crippen molar-refractivity contribution in [1.82, 2.24) is 4.90 Å². The van der Waals surface area contributed by atoms with E-state index in [1.807, 2.05) is 0 Å². The molecule has 1 aliphatic heterocycles. The molecule has 2 aromatic carbocycles. The molecule has 4 amide bonds. The average molecular weight is 441 g/mol. The number of rotatable bonds is 8. The van der Waals surface area contributed by atoms with Gasteiger partial charge in [0.05, 0.1) is 33.4 Å². The topological polar surface area (TPSA) is 97.4 Å². The summed E-state index contributed by atoms with van der Waals surface area (Å²) in [6.07, 6.45) is -0.192. The van der Waals surface area contributed by atoms with Gasteiger partial charge in [-0.2, -0.15) is 0 Å². The first kappa shape index (κ1) is 22.9. The lowest BCUT2D eigenvalue weighted by molar-refractivity contribution is -0.124. The molecule has 2 aromatic rings. The third-order valence-corrected chi connectivity index (χ3v) is 5.14. The smallest absolute Gasteiger partial charge is 0.332 e. The fraction of sp³-hybridized carbons (Fsp3) is 0.348. The van der Waals surface area contributed by atoms with Crippen LogP contribution < -0.4 is 24.4 Å². The van der Waals surface area contributed by atoms with Gasteiger partial charge in [-0.05, 0) is 26.0 Å². The summed E-state index contributed by atoms with van der Waals surface area (Å²) in [4.78, 5) is 41.6. The summed E-state index contributed by atoms with van der Waals surface area (Å²) in [5.41, 5.74) is 0.856. The number of ether oxygens (including phenoxy) is 3. The van der Waals surface area contributed by atoms with Crippen molar-refractivity contribution in [3.8, 4) is 17.2 Å². The van der Waals surface area contributed by atoms with E-state index in [0.29, 0.717) is 28.6 Å². The normalized spacial score (nSPS) is 15.9. The van der Waals surface area contributed by atoms with Crippen LogP contribution in [0.3, 0.4) is 0 Å². The van der Waals surface area contributed by atoms with Gasteiger partial charge in [0.25, 0.3) is 5.91 Å². The van der Waals surface area contributed by atoms with Crippen molar-refractivity contribution in [2.24, 2.45) is 0 Å². The zero-order chi connectivity index (χ0) is 23.4. The molecule has 1 aliphatic rings. The lowest BCUT2D eigenvalue weighted by atomic mass is 10.1. The number of imide groups is 1. The molecule has 1 saturated heterocycles. The highest BCUT2D eigenvalue weighted by Gasteiger charge is 2.47. The summed E-state index contributed by atoms with van der Waals surface area (Å²) in [5.74, 6) is 0.673. The van der Waals surface area contributed by atoms with Crippen LogP contribution >= 0.6 is 0 Å². The van der Waals surface area contributed by atoms with Gasteiger partial charge >= 0.3 is 6.03 Å². The zero-order valence-corrected chi connectivity index (χ0v) is 18.7. The van der Waals surface area contributed by atoms with E-state index in [4.69, 9.17) is 14.2 Å². The van der Waals surface area contributed by atoms with Crippen LogP contribution in [-0.2, 0) is 9.59 Å². The first-order valence-electron chi connectivity index (χ1n) is 10.1. The molecule has 1 heterocycles. The van der Waals surface area contributed by atoms with Crippen molar-refractivity contribution in [3.63, 3.8) is 0 Å². The Labute approximate surface area is 186 Å². The van der Waals surface area contributed by atoms with E-state index in [-0.39, 0.29) is 12.5 Å². The van der Waals surface area contributed by atoms with E-state index in [1.54, 1.807) is 56.3 Å². The molecule has 170 valence electrons. The van der Waals surface area contributed by atoms with Crippen LogP contribution in [-0.4, -0.2) is 56.2 Å². The number of carbonyl (C=O) groups excluding carboxylic acids is 3. The number of carbonyl (C=O) groups is 3. The van der Waals surface area contributed by atoms with E-state index in [1.165, 1.54) is 26.2 Å². The van der Waals surface area contributed by atoms with Crippen molar-refractivity contribution in [1.29, 1.82) is 0 Å². The number of methoxy groups -OCH3 is 3. The minimum Gasteiger partial charge on any atom is -0.497 e. The van der Waals surface area contributed by atoms with Gasteiger partial charge in [0.15, 0.2) is 0 Å². The summed E-state index contributed by atoms with van der Waals surface area (Å²) >= 11 is 0. The number of urea groups is 1. The Kier molecular flexibility index (Phi) is 6.87. The van der Waals surface area contributed by atoms with Gasteiger partial charge in [0.2, 0.25) is 5.91 Å². The van der Waals surface area contributed by atoms with E-state index in [0.717, 1.165) is 4.90 Å². The minimum atomic E-state index is -0.929. The maximum atomic E-state index is 13.2. The molecule has 0 radical (unpaired) electrons. The third-order valence-electron chi connectivity index (χ3n) is 5.14. The quantitative estimate of drug-likeness (QED) is 0.632. The highest BCUT2D eigenvalue weighted by molar-refractivity contribution is 6.22. The molecule has 9 nitrogen and oxygen atoms in total. The Morgan fingerprint density at radius 1 is 0.969 bits per heavy atom. The maximum Gasteiger partial charge on any atom is 0.332 e. The molecule has 0 saturated carbocycles. The van der Waals surface area contributed by atoms with Crippen LogP contribution in [0, 0.1) is 0 Å². The molecule has 0 aromatic heterocycles. The Balaban J connectivity index is 1.83. The number of benzene rings is 2. The van der Waals surface area contributed by atoms with Gasteiger partial charge < -0.3 is 24.4 Å². The standard InChI is InChI=1S/C23H27N3O6/c1-14(2)25-20(13-21(27)24-15-9-18(31-4)12-19(10-15)32-5)22(28)26(23(25)29)16-7-6-8-17(11-16)30-3/h6-12,14,20H,13H2,1-5H3,(H,24,27)/t20-/m1/s1. The first-order valence-corrected chi connectivity index (χ1v) is 10.1. The molecule has 1 fully saturated rings. The highest BCUT2D eigenvalue weighted by atomic mass is 16.5. The van der Waals surface area contributed by atoms with Crippen LogP contribution in [0.15, 0.2) is 42.5 Å². The summed E-state index contributed by atoms with van der Waals surface area (Å²) in [5, 5.41) is 2.76. The second-order valence-corrected chi connectivity index (χ2v) is 7.53. The number of nitrogens with zero attached hydrogens (tertiary/aromatic N) is 2. The van der Waals surface area contributed by atoms with Crippen LogP contribution in [0.5, 0.6) is 17.2 Å². The molecule has 0 aliphatic carbocycles. The zero-order valence-electron chi connectivity index (χ0n) is 18.7. The van der Waals surface area contributed by atoms with Crippen molar-refractivity contribution < 1.29 is 28.6 Å². The fourth-order valence-corrected chi connectivity index (χ4v) is 3.63. The van der Waals surface area contributed by atoms with Crippen LogP contribution in [0.25, 0.3) is 0 Å². The van der Waals surface area contributed by atoms with Crippen molar-refractivity contribution in [3.05, 3.63) is 42.5 Å². The molecule has 32 heavy (non-hydrogen) atoms. The molecular formula is C23H27N3O6. The second-order valence-electron chi connectivity index (χ2n) is 7.53. The summed E-state index contributed by atoms with van der Waals surface area (Å²) in [6, 6.07) is 9.97.